The molecule has 4 aromatic rings. The van der Waals surface area contributed by atoms with E-state index in [-0.39, 0.29) is 0 Å². The highest BCUT2D eigenvalue weighted by Crippen LogP contribution is 2.35. The van der Waals surface area contributed by atoms with Crippen LogP contribution in [0, 0.1) is 0 Å². The van der Waals surface area contributed by atoms with Gasteiger partial charge in [-0.05, 0) is 93.2 Å². The summed E-state index contributed by atoms with van der Waals surface area (Å²) < 4.78 is 27.7. The van der Waals surface area contributed by atoms with Crippen LogP contribution in [0.5, 0.6) is 0 Å². The standard InChI is InChI=1S/C29H35ClN6O2S/c1-34(2)26-12-7-21(8-13-26)20-5-10-25(11-6-20)32-29-31-18-22-15-16-36(28(22)33-29)19-23-17-24(30)9-14-27(23)35(3)39(4,37)38/h5-6,9-11,14-18,21,26H,7-8,12-13,19H2,1-4H3,(H,31,32,33). The molecule has 0 atom stereocenters. The van der Waals surface area contributed by atoms with E-state index >= 15 is 0 Å². The average Bonchev–Trinajstić information content (AvgIpc) is 3.30. The Bertz CT molecular complexity index is 1560. The lowest BCUT2D eigenvalue weighted by Gasteiger charge is -2.32. The lowest BCUT2D eigenvalue weighted by Crippen LogP contribution is -2.31. The Kier molecular flexibility index (Phi) is 7.84. The summed E-state index contributed by atoms with van der Waals surface area (Å²) >= 11 is 6.27. The molecule has 1 aliphatic rings. The third kappa shape index (κ3) is 6.21. The van der Waals surface area contributed by atoms with Crippen molar-refractivity contribution in [1.82, 2.24) is 19.4 Å². The zero-order valence-electron chi connectivity index (χ0n) is 22.8. The number of hydrogen-bond donors (Lipinski definition) is 1. The topological polar surface area (TPSA) is 83.4 Å². The number of benzene rings is 2. The Morgan fingerprint density at radius 3 is 2.41 bits per heavy atom. The summed E-state index contributed by atoms with van der Waals surface area (Å²) in [6.45, 7) is 0.403. The second-order valence-corrected chi connectivity index (χ2v) is 13.1. The van der Waals surface area contributed by atoms with Crippen LogP contribution in [0.25, 0.3) is 11.0 Å². The molecule has 1 saturated carbocycles. The number of nitrogens with one attached hydrogen (secondary N) is 1. The minimum absolute atomic E-state index is 0.403. The molecule has 2 aromatic carbocycles. The maximum Gasteiger partial charge on any atom is 0.232 e. The Morgan fingerprint density at radius 2 is 1.74 bits per heavy atom. The average molecular weight is 567 g/mol. The molecule has 0 aliphatic heterocycles. The van der Waals surface area contributed by atoms with Gasteiger partial charge in [-0.25, -0.2) is 13.4 Å². The predicted molar refractivity (Wildman–Crippen MR) is 160 cm³/mol. The Balaban J connectivity index is 1.33. The molecule has 1 N–H and O–H groups in total. The largest absolute Gasteiger partial charge is 0.328 e. The van der Waals surface area contributed by atoms with Crippen molar-refractivity contribution in [1.29, 1.82) is 0 Å². The summed E-state index contributed by atoms with van der Waals surface area (Å²) in [7, 11) is 2.46. The molecule has 8 nitrogen and oxygen atoms in total. The van der Waals surface area contributed by atoms with E-state index in [1.165, 1.54) is 41.8 Å². The number of nitrogens with zero attached hydrogens (tertiary/aromatic N) is 5. The molecule has 10 heteroatoms. The fourth-order valence-corrected chi connectivity index (χ4v) is 6.13. The quantitative estimate of drug-likeness (QED) is 0.288. The third-order valence-corrected chi connectivity index (χ3v) is 9.21. The maximum atomic E-state index is 12.2. The van der Waals surface area contributed by atoms with Crippen molar-refractivity contribution in [2.24, 2.45) is 0 Å². The summed E-state index contributed by atoms with van der Waals surface area (Å²) in [6.07, 6.45) is 9.83. The third-order valence-electron chi connectivity index (χ3n) is 7.79. The van der Waals surface area contributed by atoms with Gasteiger partial charge in [-0.15, -0.1) is 0 Å². The number of halogens is 1. The second kappa shape index (κ2) is 11.2. The molecule has 0 bridgehead atoms. The van der Waals surface area contributed by atoms with Gasteiger partial charge in [-0.1, -0.05) is 23.7 Å². The first-order valence-corrected chi connectivity index (χ1v) is 15.4. The number of aromatic nitrogens is 3. The Morgan fingerprint density at radius 1 is 1.03 bits per heavy atom. The van der Waals surface area contributed by atoms with Gasteiger partial charge >= 0.3 is 0 Å². The van der Waals surface area contributed by atoms with Gasteiger partial charge in [0.25, 0.3) is 0 Å². The van der Waals surface area contributed by atoms with Crippen molar-refractivity contribution in [2.45, 2.75) is 44.2 Å². The lowest BCUT2D eigenvalue weighted by molar-refractivity contribution is 0.216. The SMILES string of the molecule is CN(C)C1CCC(c2ccc(Nc3ncc4ccn(Cc5cc(Cl)ccc5N(C)S(C)(=O)=O)c4n3)cc2)CC1. The minimum atomic E-state index is -3.43. The van der Waals surface area contributed by atoms with Crippen LogP contribution in [-0.2, 0) is 16.6 Å². The first kappa shape index (κ1) is 27.4. The second-order valence-electron chi connectivity index (χ2n) is 10.6. The van der Waals surface area contributed by atoms with Gasteiger partial charge in [-0.2, -0.15) is 4.98 Å². The fraction of sp³-hybridized carbons (Fsp3) is 0.379. The maximum absolute atomic E-state index is 12.2. The molecule has 0 saturated heterocycles. The first-order valence-electron chi connectivity index (χ1n) is 13.2. The smallest absolute Gasteiger partial charge is 0.232 e. The molecule has 39 heavy (non-hydrogen) atoms. The monoisotopic (exact) mass is 566 g/mol. The van der Waals surface area contributed by atoms with E-state index in [1.54, 1.807) is 31.4 Å². The van der Waals surface area contributed by atoms with E-state index in [2.05, 4.69) is 53.6 Å². The summed E-state index contributed by atoms with van der Waals surface area (Å²) in [5.41, 5.74) is 4.42. The predicted octanol–water partition coefficient (Wildman–Crippen LogP) is 5.86. The van der Waals surface area contributed by atoms with Crippen molar-refractivity contribution < 1.29 is 8.42 Å². The van der Waals surface area contributed by atoms with Gasteiger partial charge in [0, 0.05) is 41.6 Å². The molecular formula is C29H35ClN6O2S. The van der Waals surface area contributed by atoms with Gasteiger partial charge in [0.2, 0.25) is 16.0 Å². The number of anilines is 3. The van der Waals surface area contributed by atoms with E-state index in [0.717, 1.165) is 22.3 Å². The molecule has 1 aliphatic carbocycles. The fourth-order valence-electron chi connectivity index (χ4n) is 5.40. The van der Waals surface area contributed by atoms with Crippen molar-refractivity contribution in [3.05, 3.63) is 77.1 Å². The molecule has 206 valence electrons. The van der Waals surface area contributed by atoms with Crippen molar-refractivity contribution in [3.8, 4) is 0 Å². The Labute approximate surface area is 235 Å². The van der Waals surface area contributed by atoms with E-state index < -0.39 is 10.0 Å². The van der Waals surface area contributed by atoms with E-state index in [4.69, 9.17) is 16.6 Å². The van der Waals surface area contributed by atoms with Crippen LogP contribution >= 0.6 is 11.6 Å². The number of sulfonamides is 1. The van der Waals surface area contributed by atoms with Crippen LogP contribution in [0.1, 0.15) is 42.7 Å². The zero-order valence-corrected chi connectivity index (χ0v) is 24.4. The highest BCUT2D eigenvalue weighted by molar-refractivity contribution is 7.92. The van der Waals surface area contributed by atoms with Gasteiger partial charge in [-0.3, -0.25) is 4.31 Å². The van der Waals surface area contributed by atoms with Crippen molar-refractivity contribution >= 4 is 50.0 Å². The number of rotatable bonds is 8. The van der Waals surface area contributed by atoms with Crippen LogP contribution < -0.4 is 9.62 Å². The molecule has 0 unspecified atom stereocenters. The summed E-state index contributed by atoms with van der Waals surface area (Å²) in [6, 6.07) is 16.5. The van der Waals surface area contributed by atoms with Crippen molar-refractivity contribution in [2.75, 3.05) is 37.0 Å². The molecule has 0 radical (unpaired) electrons. The molecule has 0 spiro atoms. The van der Waals surface area contributed by atoms with E-state index in [0.29, 0.717) is 35.2 Å². The molecule has 5 rings (SSSR count). The van der Waals surface area contributed by atoms with Crippen LogP contribution in [0.2, 0.25) is 5.02 Å². The van der Waals surface area contributed by atoms with E-state index in [9.17, 15) is 8.42 Å². The zero-order chi connectivity index (χ0) is 27.7. The summed E-state index contributed by atoms with van der Waals surface area (Å²) in [5, 5.41) is 4.77. The number of fused-ring (bicyclic) bond motifs is 1. The number of hydrogen-bond acceptors (Lipinski definition) is 6. The molecular weight excluding hydrogens is 532 g/mol. The van der Waals surface area contributed by atoms with Gasteiger partial charge in [0.05, 0.1) is 18.5 Å². The van der Waals surface area contributed by atoms with Crippen LogP contribution in [0.4, 0.5) is 17.3 Å². The molecule has 2 heterocycles. The molecule has 2 aromatic heterocycles. The lowest BCUT2D eigenvalue weighted by atomic mass is 9.81. The van der Waals surface area contributed by atoms with Gasteiger partial charge in [0.1, 0.15) is 5.65 Å². The van der Waals surface area contributed by atoms with Crippen LogP contribution in [0.3, 0.4) is 0 Å². The molecule has 1 fully saturated rings. The normalized spacial score (nSPS) is 18.0. The minimum Gasteiger partial charge on any atom is -0.328 e. The van der Waals surface area contributed by atoms with Crippen LogP contribution in [0.15, 0.2) is 60.9 Å². The highest BCUT2D eigenvalue weighted by atomic mass is 35.5. The highest BCUT2D eigenvalue weighted by Gasteiger charge is 2.23. The Hall–Kier alpha value is -3.14. The van der Waals surface area contributed by atoms with E-state index in [1.807, 2.05) is 16.8 Å². The van der Waals surface area contributed by atoms with Gasteiger partial charge < -0.3 is 14.8 Å². The van der Waals surface area contributed by atoms with Crippen LogP contribution in [-0.4, -0.2) is 61.3 Å². The summed E-state index contributed by atoms with van der Waals surface area (Å²) in [5.74, 6) is 1.12. The van der Waals surface area contributed by atoms with Crippen molar-refractivity contribution in [3.63, 3.8) is 0 Å². The molecule has 0 amide bonds. The summed E-state index contributed by atoms with van der Waals surface area (Å²) in [4.78, 5) is 11.6. The first-order chi connectivity index (χ1) is 18.6. The van der Waals surface area contributed by atoms with Gasteiger partial charge in [0.15, 0.2) is 0 Å².